The van der Waals surface area contributed by atoms with E-state index in [2.05, 4.69) is 21.2 Å². The molecule has 0 fully saturated rings. The highest BCUT2D eigenvalue weighted by Crippen LogP contribution is 2.19. The van der Waals surface area contributed by atoms with E-state index in [1.54, 1.807) is 12.1 Å². The molecule has 0 unspecified atom stereocenters. The molecule has 4 heteroatoms. The average Bonchev–Trinajstić information content (AvgIpc) is 2.18. The van der Waals surface area contributed by atoms with Crippen molar-refractivity contribution in [3.05, 3.63) is 28.5 Å². The first-order valence-electron chi connectivity index (χ1n) is 4.54. The summed E-state index contributed by atoms with van der Waals surface area (Å²) >= 11 is 3.27. The predicted molar refractivity (Wildman–Crippen MR) is 58.9 cm³/mol. The summed E-state index contributed by atoms with van der Waals surface area (Å²) in [6.45, 7) is 0.858. The summed E-state index contributed by atoms with van der Waals surface area (Å²) < 4.78 is 14.0. The minimum absolute atomic E-state index is 0.183. The summed E-state index contributed by atoms with van der Waals surface area (Å²) in [4.78, 5) is 0. The number of aliphatic hydroxyl groups excluding tert-OH is 1. The molecule has 0 amide bonds. The standard InChI is InChI=1S/C10H13BrFNO/c11-8-3-4-9(12)10(7-8)13-5-1-2-6-14/h3-4,7,13-14H,1-2,5-6H2. The van der Waals surface area contributed by atoms with Gasteiger partial charge in [0.2, 0.25) is 0 Å². The van der Waals surface area contributed by atoms with Gasteiger partial charge in [-0.15, -0.1) is 0 Å². The van der Waals surface area contributed by atoms with Gasteiger partial charge in [0.1, 0.15) is 5.82 Å². The first-order valence-corrected chi connectivity index (χ1v) is 5.33. The Labute approximate surface area is 91.3 Å². The lowest BCUT2D eigenvalue weighted by Gasteiger charge is -2.07. The van der Waals surface area contributed by atoms with Gasteiger partial charge in [-0.05, 0) is 31.0 Å². The Morgan fingerprint density at radius 1 is 1.36 bits per heavy atom. The number of hydrogen-bond acceptors (Lipinski definition) is 2. The van der Waals surface area contributed by atoms with Crippen molar-refractivity contribution in [2.45, 2.75) is 12.8 Å². The molecule has 0 bridgehead atoms. The minimum Gasteiger partial charge on any atom is -0.396 e. The van der Waals surface area contributed by atoms with Crippen molar-refractivity contribution in [1.29, 1.82) is 0 Å². The number of halogens is 2. The molecule has 2 nitrogen and oxygen atoms in total. The van der Waals surface area contributed by atoms with Crippen LogP contribution in [-0.2, 0) is 0 Å². The predicted octanol–water partition coefficient (Wildman–Crippen LogP) is 2.77. The zero-order chi connectivity index (χ0) is 10.4. The highest BCUT2D eigenvalue weighted by molar-refractivity contribution is 9.10. The maximum Gasteiger partial charge on any atom is 0.146 e. The van der Waals surface area contributed by atoms with Crippen LogP contribution in [0.25, 0.3) is 0 Å². The molecule has 0 radical (unpaired) electrons. The molecule has 0 atom stereocenters. The third-order valence-electron chi connectivity index (χ3n) is 1.83. The molecule has 0 saturated carbocycles. The van der Waals surface area contributed by atoms with Crippen LogP contribution < -0.4 is 5.32 Å². The fourth-order valence-electron chi connectivity index (χ4n) is 1.09. The Kier molecular flexibility index (Phi) is 4.90. The highest BCUT2D eigenvalue weighted by atomic mass is 79.9. The maximum atomic E-state index is 13.1. The van der Waals surface area contributed by atoms with Gasteiger partial charge in [0.05, 0.1) is 5.69 Å². The topological polar surface area (TPSA) is 32.3 Å². The number of anilines is 1. The quantitative estimate of drug-likeness (QED) is 0.800. The van der Waals surface area contributed by atoms with Crippen LogP contribution in [-0.4, -0.2) is 18.3 Å². The molecule has 78 valence electrons. The Balaban J connectivity index is 2.45. The fraction of sp³-hybridized carbons (Fsp3) is 0.400. The van der Waals surface area contributed by atoms with Crippen molar-refractivity contribution in [2.24, 2.45) is 0 Å². The third-order valence-corrected chi connectivity index (χ3v) is 2.32. The Hall–Kier alpha value is -0.610. The van der Waals surface area contributed by atoms with Crippen LogP contribution in [0.3, 0.4) is 0 Å². The molecule has 0 aliphatic carbocycles. The first kappa shape index (κ1) is 11.5. The van der Waals surface area contributed by atoms with Crippen LogP contribution in [0.2, 0.25) is 0 Å². The minimum atomic E-state index is -0.253. The summed E-state index contributed by atoms with van der Waals surface area (Å²) in [5.41, 5.74) is 0.498. The largest absolute Gasteiger partial charge is 0.396 e. The summed E-state index contributed by atoms with van der Waals surface area (Å²) in [6.07, 6.45) is 1.57. The third kappa shape index (κ3) is 3.64. The molecule has 1 aromatic carbocycles. The van der Waals surface area contributed by atoms with E-state index >= 15 is 0 Å². The molecule has 0 spiro atoms. The fourth-order valence-corrected chi connectivity index (χ4v) is 1.45. The highest BCUT2D eigenvalue weighted by Gasteiger charge is 2.00. The molecule has 0 heterocycles. The number of nitrogens with one attached hydrogen (secondary N) is 1. The van der Waals surface area contributed by atoms with Gasteiger partial charge in [0.15, 0.2) is 0 Å². The number of unbranched alkanes of at least 4 members (excludes halogenated alkanes) is 1. The van der Waals surface area contributed by atoms with Crippen LogP contribution in [0.15, 0.2) is 22.7 Å². The van der Waals surface area contributed by atoms with Crippen molar-refractivity contribution in [3.63, 3.8) is 0 Å². The summed E-state index contributed by atoms with van der Waals surface area (Å²) in [5.74, 6) is -0.253. The van der Waals surface area contributed by atoms with Crippen LogP contribution in [0, 0.1) is 5.82 Å². The van der Waals surface area contributed by atoms with E-state index in [1.165, 1.54) is 6.07 Å². The van der Waals surface area contributed by atoms with Crippen LogP contribution >= 0.6 is 15.9 Å². The van der Waals surface area contributed by atoms with Gasteiger partial charge in [0, 0.05) is 17.6 Å². The molecule has 1 rings (SSSR count). The molecular formula is C10H13BrFNO. The van der Waals surface area contributed by atoms with Crippen LogP contribution in [0.1, 0.15) is 12.8 Å². The van der Waals surface area contributed by atoms with Crippen LogP contribution in [0.5, 0.6) is 0 Å². The van der Waals surface area contributed by atoms with E-state index < -0.39 is 0 Å². The second-order valence-electron chi connectivity index (χ2n) is 2.98. The normalized spacial score (nSPS) is 10.2. The van der Waals surface area contributed by atoms with Crippen molar-refractivity contribution in [3.8, 4) is 0 Å². The lowest BCUT2D eigenvalue weighted by Crippen LogP contribution is -2.04. The second-order valence-corrected chi connectivity index (χ2v) is 3.90. The molecule has 0 aliphatic heterocycles. The van der Waals surface area contributed by atoms with Gasteiger partial charge in [-0.25, -0.2) is 4.39 Å². The smallest absolute Gasteiger partial charge is 0.146 e. The van der Waals surface area contributed by atoms with Crippen molar-refractivity contribution in [2.75, 3.05) is 18.5 Å². The molecule has 2 N–H and O–H groups in total. The first-order chi connectivity index (χ1) is 6.74. The van der Waals surface area contributed by atoms with Crippen LogP contribution in [0.4, 0.5) is 10.1 Å². The SMILES string of the molecule is OCCCCNc1cc(Br)ccc1F. The van der Waals surface area contributed by atoms with E-state index in [9.17, 15) is 4.39 Å². The zero-order valence-corrected chi connectivity index (χ0v) is 9.35. The van der Waals surface area contributed by atoms with E-state index in [4.69, 9.17) is 5.11 Å². The van der Waals surface area contributed by atoms with Crippen molar-refractivity contribution < 1.29 is 9.50 Å². The maximum absolute atomic E-state index is 13.1. The molecule has 0 aromatic heterocycles. The number of rotatable bonds is 5. The van der Waals surface area contributed by atoms with Gasteiger partial charge in [-0.3, -0.25) is 0 Å². The zero-order valence-electron chi connectivity index (χ0n) is 7.76. The van der Waals surface area contributed by atoms with E-state index in [0.29, 0.717) is 12.2 Å². The van der Waals surface area contributed by atoms with Gasteiger partial charge in [0.25, 0.3) is 0 Å². The van der Waals surface area contributed by atoms with E-state index in [1.807, 2.05) is 0 Å². The number of hydrogen-bond donors (Lipinski definition) is 2. The molecular weight excluding hydrogens is 249 g/mol. The van der Waals surface area contributed by atoms with Gasteiger partial charge >= 0.3 is 0 Å². The van der Waals surface area contributed by atoms with Gasteiger partial charge in [-0.1, -0.05) is 15.9 Å². The Morgan fingerprint density at radius 3 is 2.86 bits per heavy atom. The van der Waals surface area contributed by atoms with Gasteiger partial charge in [-0.2, -0.15) is 0 Å². The molecule has 0 saturated heterocycles. The molecule has 14 heavy (non-hydrogen) atoms. The monoisotopic (exact) mass is 261 g/mol. The Morgan fingerprint density at radius 2 is 2.14 bits per heavy atom. The average molecular weight is 262 g/mol. The van der Waals surface area contributed by atoms with E-state index in [0.717, 1.165) is 17.3 Å². The summed E-state index contributed by atoms with van der Waals surface area (Å²) in [5, 5.41) is 11.5. The Bertz CT molecular complexity index is 293. The lowest BCUT2D eigenvalue weighted by molar-refractivity contribution is 0.286. The molecule has 1 aromatic rings. The number of aliphatic hydroxyl groups is 1. The van der Waals surface area contributed by atoms with E-state index in [-0.39, 0.29) is 12.4 Å². The lowest BCUT2D eigenvalue weighted by atomic mass is 10.3. The summed E-state index contributed by atoms with van der Waals surface area (Å²) in [6, 6.07) is 4.78. The van der Waals surface area contributed by atoms with Crippen molar-refractivity contribution in [1.82, 2.24) is 0 Å². The van der Waals surface area contributed by atoms with Gasteiger partial charge < -0.3 is 10.4 Å². The van der Waals surface area contributed by atoms with Crippen molar-refractivity contribution >= 4 is 21.6 Å². The number of benzene rings is 1. The summed E-state index contributed by atoms with van der Waals surface area (Å²) in [7, 11) is 0. The second kappa shape index (κ2) is 5.98. The molecule has 0 aliphatic rings.